The monoisotopic (exact) mass is 1750 g/mol. The van der Waals surface area contributed by atoms with Crippen LogP contribution in [0.2, 0.25) is 15.1 Å². The standard InChI is InChI=1S/C26H25Cl3N4O4.C15H25N3O4.C15H23NO5.C11H17NO4.C10H17N3O2.C4H7ClO.H4N2/c1-13(2)20-10-17(31-32-20)11-21(26(36)37)30-24(34)22-19(28)9-15-12-33(8-7-18(15)23(22)29)25(35)14-3-5-16(27)6-4-14;1-9(2)11-7-10(17-18-11)8-12(13(19)21-6)16-14(20)22-15(3,4)5;1-10(2)12(17)9-7-8-11(13(18)20-6)16-14(19)21-15(3,4)5;1-6-7-8(9(13)15-5)12-10(14)16-11(2,3)4;1-6(2)9-5-7(12-13-9)4-8(11)10(14)15-3;1-3(2)4(5)6;1-2/h3-6,9-10,13,21H,7-8,11-12H2,1-2H3,(H,30,34)(H,31,32)(H,36,37);7,9,12H,8H2,1-6H3,(H,16,20)(H,17,18);10-11H,8H2,1-6H3,(H,16,19);1,8H,7H2,2-5H3,(H,12,14);5-6,8H,4,11H2,1-3H3,(H,12,13);3H,1-2H3;1-2H2/t21-;12-;11-;2*8-;;/m00000../s1. The minimum absolute atomic E-state index is 0.0123. The first kappa shape index (κ1) is 109. The molecule has 3 aromatic heterocycles. The van der Waals surface area contributed by atoms with E-state index in [0.29, 0.717) is 47.1 Å². The molecule has 0 spiro atoms. The fourth-order valence-corrected chi connectivity index (χ4v) is 10.2. The van der Waals surface area contributed by atoms with E-state index >= 15 is 0 Å². The van der Waals surface area contributed by atoms with Gasteiger partial charge in [0.2, 0.25) is 11.0 Å². The van der Waals surface area contributed by atoms with E-state index in [9.17, 15) is 62.6 Å². The molecule has 14 N–H and O–H groups in total. The summed E-state index contributed by atoms with van der Waals surface area (Å²) in [5, 5.41) is 41.0. The van der Waals surface area contributed by atoms with Crippen molar-refractivity contribution < 1.29 is 95.8 Å². The first-order valence-electron chi connectivity index (χ1n) is 37.5. The SMILES string of the molecule is C#CC[C@H](NC(=O)OC(C)(C)C)C(=O)OC.CC(C)C(=O)Cl.CC(C)c1cc(C[C@H](NC(=O)c2c(Cl)cc3c(c2Cl)CCN(C(=O)c2ccc(Cl)cc2)C3)C(=O)O)[nH]n1.COC(=O)[C@@H](N)Cc1cc(C(C)C)n[nH]1.COC(=O)[C@H](CC#CC(=O)C(C)C)NC(=O)OC(C)(C)C.COC(=O)[C@H](Cc1cc(C(C)C)n[nH]1)NC(=O)OC(C)(C)C.NN. The number of ether oxygens (including phenoxy) is 7. The number of carboxylic acid groups (broad SMARTS) is 1. The Labute approximate surface area is 715 Å². The highest BCUT2D eigenvalue weighted by atomic mass is 35.5. The van der Waals surface area contributed by atoms with Gasteiger partial charge in [-0.1, -0.05) is 110 Å². The van der Waals surface area contributed by atoms with Crippen LogP contribution in [0.25, 0.3) is 0 Å². The van der Waals surface area contributed by atoms with E-state index in [-0.39, 0.29) is 88.4 Å². The quantitative estimate of drug-likeness (QED) is 0.00520. The van der Waals surface area contributed by atoms with E-state index in [1.165, 1.54) is 28.4 Å². The average molecular weight is 1750 g/mol. The summed E-state index contributed by atoms with van der Waals surface area (Å²) in [6.45, 7) is 35.3. The van der Waals surface area contributed by atoms with Gasteiger partial charge in [0.25, 0.3) is 11.8 Å². The lowest BCUT2D eigenvalue weighted by molar-refractivity contribution is -0.143. The van der Waals surface area contributed by atoms with Gasteiger partial charge in [0.05, 0.1) is 61.1 Å². The van der Waals surface area contributed by atoms with Crippen LogP contribution in [0.5, 0.6) is 0 Å². The van der Waals surface area contributed by atoms with Crippen LogP contribution in [0, 0.1) is 36.0 Å². The predicted molar refractivity (Wildman–Crippen MR) is 450 cm³/mol. The number of amides is 5. The van der Waals surface area contributed by atoms with Crippen molar-refractivity contribution in [3.63, 3.8) is 0 Å². The van der Waals surface area contributed by atoms with Crippen molar-refractivity contribution in [2.24, 2.45) is 29.3 Å². The van der Waals surface area contributed by atoms with Gasteiger partial charge in [0.1, 0.15) is 47.0 Å². The van der Waals surface area contributed by atoms with Gasteiger partial charge in [-0.15, -0.1) is 12.3 Å². The second-order valence-electron chi connectivity index (χ2n) is 30.8. The summed E-state index contributed by atoms with van der Waals surface area (Å²) in [5.41, 5.74) is 10.5. The lowest BCUT2D eigenvalue weighted by Gasteiger charge is -2.30. The van der Waals surface area contributed by atoms with Crippen molar-refractivity contribution >= 4 is 117 Å². The number of aliphatic carboxylic acids is 1. The Morgan fingerprint density at radius 1 is 0.555 bits per heavy atom. The molecule has 0 unspecified atom stereocenters. The average Bonchev–Trinajstić information content (AvgIpc) is 1.20. The van der Waals surface area contributed by atoms with Crippen LogP contribution in [0.1, 0.15) is 228 Å². The highest BCUT2D eigenvalue weighted by Gasteiger charge is 2.33. The molecule has 660 valence electrons. The number of nitrogens with one attached hydrogen (secondary N) is 7. The third-order valence-electron chi connectivity index (χ3n) is 15.5. The third kappa shape index (κ3) is 42.8. The number of carbonyl (C=O) groups is 12. The number of aromatic nitrogens is 6. The molecule has 5 atom stereocenters. The molecule has 34 nitrogen and oxygen atoms in total. The van der Waals surface area contributed by atoms with Gasteiger partial charge < -0.3 is 70.2 Å². The number of halogens is 4. The van der Waals surface area contributed by atoms with Crippen LogP contribution in [-0.4, -0.2) is 194 Å². The Morgan fingerprint density at radius 3 is 1.29 bits per heavy atom. The number of hydrazine groups is 1. The largest absolute Gasteiger partial charge is 0.480 e. The first-order chi connectivity index (χ1) is 55.2. The molecule has 0 fully saturated rings. The molecular weight excluding hydrogens is 1630 g/mol. The Hall–Kier alpha value is -10.3. The number of carboxylic acids is 1. The number of benzene rings is 2. The fourth-order valence-electron chi connectivity index (χ4n) is 9.35. The van der Waals surface area contributed by atoms with Crippen LogP contribution in [-0.2, 0) is 98.9 Å². The Balaban J connectivity index is 0.00000149. The van der Waals surface area contributed by atoms with E-state index in [2.05, 4.69) is 109 Å². The van der Waals surface area contributed by atoms with E-state index < -0.39 is 101 Å². The van der Waals surface area contributed by atoms with Crippen molar-refractivity contribution in [1.82, 2.24) is 56.8 Å². The lowest BCUT2D eigenvalue weighted by atomic mass is 9.95. The molecular formula is C81H118Cl4N14O20. The second-order valence-corrected chi connectivity index (χ2v) is 32.3. The normalized spacial score (nSPS) is 12.6. The van der Waals surface area contributed by atoms with Crippen molar-refractivity contribution in [2.45, 2.75) is 241 Å². The topological polar surface area (TPSA) is 505 Å². The zero-order chi connectivity index (χ0) is 91.7. The number of ketones is 1. The minimum Gasteiger partial charge on any atom is -0.480 e. The van der Waals surface area contributed by atoms with Gasteiger partial charge in [-0.3, -0.25) is 51.0 Å². The summed E-state index contributed by atoms with van der Waals surface area (Å²) in [4.78, 5) is 141. The molecule has 0 aliphatic carbocycles. The maximum Gasteiger partial charge on any atom is 0.408 e. The molecule has 0 radical (unpaired) electrons. The summed E-state index contributed by atoms with van der Waals surface area (Å²) in [5.74, 6) is 11.4. The maximum absolute atomic E-state index is 13.1. The van der Waals surface area contributed by atoms with Crippen LogP contribution in [0.3, 0.4) is 0 Å². The number of carbonyl (C=O) groups excluding carboxylic acids is 11. The highest BCUT2D eigenvalue weighted by Crippen LogP contribution is 2.35. The number of aromatic amines is 3. The van der Waals surface area contributed by atoms with Crippen molar-refractivity contribution in [3.05, 3.63) is 120 Å². The molecule has 1 aliphatic rings. The lowest BCUT2D eigenvalue weighted by Crippen LogP contribution is -2.45. The molecule has 6 rings (SSSR count). The number of methoxy groups -OCH3 is 4. The first-order valence-corrected chi connectivity index (χ1v) is 39.0. The molecule has 0 bridgehead atoms. The minimum atomic E-state index is -1.22. The fraction of sp³-hybridized carbons (Fsp3) is 0.543. The second kappa shape index (κ2) is 53.3. The number of Topliss-reactive ketones (excluding diaryl/α,β-unsaturated/α-hetero) is 1. The number of rotatable bonds is 24. The number of nitrogens with zero attached hydrogens (tertiary/aromatic N) is 4. The van der Waals surface area contributed by atoms with Gasteiger partial charge in [-0.25, -0.2) is 33.6 Å². The van der Waals surface area contributed by atoms with E-state index in [1.807, 2.05) is 39.8 Å². The number of hydrogen-bond donors (Lipinski definition) is 11. The van der Waals surface area contributed by atoms with Crippen molar-refractivity contribution in [2.75, 3.05) is 35.0 Å². The third-order valence-corrected chi connectivity index (χ3v) is 16.9. The zero-order valence-electron chi connectivity index (χ0n) is 71.9. The smallest absolute Gasteiger partial charge is 0.408 e. The Bertz CT molecular complexity index is 4250. The molecule has 38 heteroatoms. The van der Waals surface area contributed by atoms with Crippen LogP contribution in [0.4, 0.5) is 14.4 Å². The van der Waals surface area contributed by atoms with Crippen LogP contribution in [0.15, 0.2) is 48.5 Å². The molecule has 0 saturated carbocycles. The predicted octanol–water partition coefficient (Wildman–Crippen LogP) is 10.8. The van der Waals surface area contributed by atoms with Crippen LogP contribution >= 0.6 is 46.4 Å². The summed E-state index contributed by atoms with van der Waals surface area (Å²) >= 11 is 24.0. The van der Waals surface area contributed by atoms with Gasteiger partial charge in [0, 0.05) is 84.7 Å². The molecule has 119 heavy (non-hydrogen) atoms. The number of esters is 4. The van der Waals surface area contributed by atoms with Gasteiger partial charge >= 0.3 is 48.1 Å². The zero-order valence-corrected chi connectivity index (χ0v) is 74.9. The molecule has 2 aromatic carbocycles. The van der Waals surface area contributed by atoms with Crippen molar-refractivity contribution in [3.8, 4) is 24.2 Å². The van der Waals surface area contributed by atoms with E-state index in [1.54, 1.807) is 131 Å². The summed E-state index contributed by atoms with van der Waals surface area (Å²) in [6.07, 6.45) is 4.13. The van der Waals surface area contributed by atoms with Gasteiger partial charge in [-0.2, -0.15) is 15.3 Å². The number of hydrogen-bond acceptors (Lipinski definition) is 25. The van der Waals surface area contributed by atoms with Gasteiger partial charge in [-0.05, 0) is 164 Å². The molecule has 5 aromatic rings. The van der Waals surface area contributed by atoms with Crippen LogP contribution < -0.4 is 38.7 Å². The molecule has 1 aliphatic heterocycles. The number of alkyl carbamates (subject to hydrolysis) is 3. The molecule has 4 heterocycles. The Kier molecular flexibility index (Phi) is 48.6. The van der Waals surface area contributed by atoms with Gasteiger partial charge in [0.15, 0.2) is 0 Å². The number of terminal acetylenes is 1. The number of nitrogens with two attached hydrogens (primary N) is 3. The number of H-pyrrole nitrogens is 3. The van der Waals surface area contributed by atoms with Crippen molar-refractivity contribution in [1.29, 1.82) is 0 Å². The number of fused-ring (bicyclic) bond motifs is 1. The Morgan fingerprint density at radius 2 is 0.933 bits per heavy atom. The van der Waals surface area contributed by atoms with E-state index in [0.717, 1.165) is 34.0 Å². The maximum atomic E-state index is 13.1. The summed E-state index contributed by atoms with van der Waals surface area (Å²) in [7, 11) is 5.04. The summed E-state index contributed by atoms with van der Waals surface area (Å²) in [6, 6.07) is 9.31. The molecule has 5 amide bonds. The summed E-state index contributed by atoms with van der Waals surface area (Å²) < 4.78 is 33.5. The highest BCUT2D eigenvalue weighted by molar-refractivity contribution is 6.63. The van der Waals surface area contributed by atoms with E-state index in [4.69, 9.17) is 77.5 Å². The molecule has 0 saturated heterocycles.